The Hall–Kier alpha value is -0.860. The highest BCUT2D eigenvalue weighted by atomic mass is 15.2. The SMILES string of the molecule is CC(C)CN(C(C)C)C1CC(c2ccccc2)CCC1N. The Kier molecular flexibility index (Phi) is 5.83. The van der Waals surface area contributed by atoms with Crippen molar-refractivity contribution in [3.63, 3.8) is 0 Å². The van der Waals surface area contributed by atoms with Crippen molar-refractivity contribution in [3.05, 3.63) is 35.9 Å². The zero-order valence-electron chi connectivity index (χ0n) is 14.1. The van der Waals surface area contributed by atoms with Gasteiger partial charge in [-0.15, -0.1) is 0 Å². The van der Waals surface area contributed by atoms with Gasteiger partial charge < -0.3 is 5.73 Å². The van der Waals surface area contributed by atoms with Crippen molar-refractivity contribution in [2.45, 2.75) is 71.0 Å². The van der Waals surface area contributed by atoms with Crippen LogP contribution < -0.4 is 5.73 Å². The summed E-state index contributed by atoms with van der Waals surface area (Å²) in [5.74, 6) is 1.36. The maximum Gasteiger partial charge on any atom is 0.0255 e. The molecule has 2 N–H and O–H groups in total. The minimum Gasteiger partial charge on any atom is -0.326 e. The van der Waals surface area contributed by atoms with E-state index >= 15 is 0 Å². The van der Waals surface area contributed by atoms with Gasteiger partial charge >= 0.3 is 0 Å². The van der Waals surface area contributed by atoms with Gasteiger partial charge in [0.25, 0.3) is 0 Å². The Labute approximate surface area is 130 Å². The highest BCUT2D eigenvalue weighted by Crippen LogP contribution is 2.35. The van der Waals surface area contributed by atoms with Crippen LogP contribution in [-0.4, -0.2) is 29.6 Å². The van der Waals surface area contributed by atoms with Crippen LogP contribution in [0.5, 0.6) is 0 Å². The smallest absolute Gasteiger partial charge is 0.0255 e. The molecule has 1 aromatic rings. The third-order valence-corrected chi connectivity index (χ3v) is 4.80. The number of rotatable bonds is 5. The zero-order valence-corrected chi connectivity index (χ0v) is 14.1. The van der Waals surface area contributed by atoms with Crippen LogP contribution in [0.2, 0.25) is 0 Å². The van der Waals surface area contributed by atoms with Crippen LogP contribution in [-0.2, 0) is 0 Å². The zero-order chi connectivity index (χ0) is 15.4. The lowest BCUT2D eigenvalue weighted by Gasteiger charge is -2.44. The predicted octanol–water partition coefficient (Wildman–Crippen LogP) is 4.02. The first-order valence-corrected chi connectivity index (χ1v) is 8.55. The molecule has 1 aliphatic rings. The molecule has 1 aromatic carbocycles. The number of hydrogen-bond donors (Lipinski definition) is 1. The second-order valence-corrected chi connectivity index (χ2v) is 7.34. The van der Waals surface area contributed by atoms with Gasteiger partial charge in [0.2, 0.25) is 0 Å². The summed E-state index contributed by atoms with van der Waals surface area (Å²) >= 11 is 0. The Morgan fingerprint density at radius 2 is 1.76 bits per heavy atom. The van der Waals surface area contributed by atoms with Crippen molar-refractivity contribution < 1.29 is 0 Å². The molecule has 118 valence electrons. The van der Waals surface area contributed by atoms with Gasteiger partial charge in [-0.3, -0.25) is 4.90 Å². The lowest BCUT2D eigenvalue weighted by molar-refractivity contribution is 0.0847. The van der Waals surface area contributed by atoms with Crippen LogP contribution in [0.3, 0.4) is 0 Å². The Balaban J connectivity index is 2.13. The molecule has 0 radical (unpaired) electrons. The van der Waals surface area contributed by atoms with Crippen LogP contribution >= 0.6 is 0 Å². The van der Waals surface area contributed by atoms with Crippen LogP contribution in [0.4, 0.5) is 0 Å². The molecule has 3 unspecified atom stereocenters. The molecule has 0 bridgehead atoms. The molecule has 0 spiro atoms. The fourth-order valence-corrected chi connectivity index (χ4v) is 3.73. The molecule has 1 fully saturated rings. The van der Waals surface area contributed by atoms with E-state index in [1.807, 2.05) is 0 Å². The summed E-state index contributed by atoms with van der Waals surface area (Å²) < 4.78 is 0. The third-order valence-electron chi connectivity index (χ3n) is 4.80. The van der Waals surface area contributed by atoms with Crippen molar-refractivity contribution in [2.75, 3.05) is 6.54 Å². The first kappa shape index (κ1) is 16.5. The van der Waals surface area contributed by atoms with E-state index in [0.29, 0.717) is 30.0 Å². The van der Waals surface area contributed by atoms with Gasteiger partial charge in [0.15, 0.2) is 0 Å². The van der Waals surface area contributed by atoms with Crippen LogP contribution in [0.25, 0.3) is 0 Å². The molecule has 0 aromatic heterocycles. The van der Waals surface area contributed by atoms with E-state index in [2.05, 4.69) is 62.9 Å². The fraction of sp³-hybridized carbons (Fsp3) is 0.684. The summed E-state index contributed by atoms with van der Waals surface area (Å²) in [5.41, 5.74) is 7.98. The topological polar surface area (TPSA) is 29.3 Å². The van der Waals surface area contributed by atoms with Gasteiger partial charge in [-0.1, -0.05) is 44.2 Å². The highest BCUT2D eigenvalue weighted by Gasteiger charge is 2.34. The van der Waals surface area contributed by atoms with Gasteiger partial charge in [0.1, 0.15) is 0 Å². The summed E-state index contributed by atoms with van der Waals surface area (Å²) in [4.78, 5) is 2.64. The average molecular weight is 288 g/mol. The van der Waals surface area contributed by atoms with E-state index in [1.54, 1.807) is 0 Å². The summed E-state index contributed by atoms with van der Waals surface area (Å²) in [6.07, 6.45) is 3.58. The monoisotopic (exact) mass is 288 g/mol. The van der Waals surface area contributed by atoms with Crippen molar-refractivity contribution in [3.8, 4) is 0 Å². The molecule has 0 saturated heterocycles. The first-order valence-electron chi connectivity index (χ1n) is 8.55. The maximum atomic E-state index is 6.49. The Morgan fingerprint density at radius 3 is 2.33 bits per heavy atom. The van der Waals surface area contributed by atoms with Gasteiger partial charge in [0, 0.05) is 24.7 Å². The standard InChI is InChI=1S/C19H32N2/c1-14(2)13-21(15(3)4)19-12-17(10-11-18(19)20)16-8-6-5-7-9-16/h5-9,14-15,17-19H,10-13,20H2,1-4H3. The van der Waals surface area contributed by atoms with E-state index in [0.717, 1.165) is 13.0 Å². The van der Waals surface area contributed by atoms with E-state index in [1.165, 1.54) is 18.4 Å². The number of nitrogens with two attached hydrogens (primary N) is 1. The van der Waals surface area contributed by atoms with Gasteiger partial charge in [0.05, 0.1) is 0 Å². The fourth-order valence-electron chi connectivity index (χ4n) is 3.73. The van der Waals surface area contributed by atoms with Crippen LogP contribution in [0, 0.1) is 5.92 Å². The molecule has 2 heteroatoms. The third kappa shape index (κ3) is 4.31. The van der Waals surface area contributed by atoms with Gasteiger partial charge in [-0.25, -0.2) is 0 Å². The first-order chi connectivity index (χ1) is 9.99. The average Bonchev–Trinajstić information content (AvgIpc) is 2.46. The normalized spacial score (nSPS) is 26.8. The molecule has 2 rings (SSSR count). The molecule has 21 heavy (non-hydrogen) atoms. The Morgan fingerprint density at radius 1 is 1.10 bits per heavy atom. The second kappa shape index (κ2) is 7.42. The quantitative estimate of drug-likeness (QED) is 0.887. The summed E-state index contributed by atoms with van der Waals surface area (Å²) in [6, 6.07) is 12.4. The number of hydrogen-bond acceptors (Lipinski definition) is 2. The van der Waals surface area contributed by atoms with Crippen molar-refractivity contribution in [1.82, 2.24) is 4.90 Å². The summed E-state index contributed by atoms with van der Waals surface area (Å²) in [6.45, 7) is 10.4. The van der Waals surface area contributed by atoms with Crippen LogP contribution in [0.1, 0.15) is 58.4 Å². The molecular weight excluding hydrogens is 256 g/mol. The molecular formula is C19H32N2. The van der Waals surface area contributed by atoms with E-state index in [9.17, 15) is 0 Å². The maximum absolute atomic E-state index is 6.49. The van der Waals surface area contributed by atoms with Gasteiger partial charge in [-0.05, 0) is 50.5 Å². The van der Waals surface area contributed by atoms with Crippen molar-refractivity contribution in [1.29, 1.82) is 0 Å². The summed E-state index contributed by atoms with van der Waals surface area (Å²) in [5, 5.41) is 0. The minimum atomic E-state index is 0.325. The second-order valence-electron chi connectivity index (χ2n) is 7.34. The van der Waals surface area contributed by atoms with Gasteiger partial charge in [-0.2, -0.15) is 0 Å². The van der Waals surface area contributed by atoms with E-state index in [4.69, 9.17) is 5.73 Å². The molecule has 2 nitrogen and oxygen atoms in total. The minimum absolute atomic E-state index is 0.325. The molecule has 0 aliphatic heterocycles. The highest BCUT2D eigenvalue weighted by molar-refractivity contribution is 5.21. The Bertz CT molecular complexity index is 413. The van der Waals surface area contributed by atoms with Crippen LogP contribution in [0.15, 0.2) is 30.3 Å². The van der Waals surface area contributed by atoms with E-state index in [-0.39, 0.29) is 0 Å². The number of nitrogens with zero attached hydrogens (tertiary/aromatic N) is 1. The molecule has 1 saturated carbocycles. The number of benzene rings is 1. The largest absolute Gasteiger partial charge is 0.326 e. The molecule has 0 heterocycles. The lowest BCUT2D eigenvalue weighted by atomic mass is 9.78. The van der Waals surface area contributed by atoms with Crippen molar-refractivity contribution >= 4 is 0 Å². The van der Waals surface area contributed by atoms with E-state index < -0.39 is 0 Å². The predicted molar refractivity (Wildman–Crippen MR) is 91.5 cm³/mol. The molecule has 0 amide bonds. The summed E-state index contributed by atoms with van der Waals surface area (Å²) in [7, 11) is 0. The molecule has 3 atom stereocenters. The van der Waals surface area contributed by atoms with Crippen molar-refractivity contribution in [2.24, 2.45) is 11.7 Å². The molecule has 1 aliphatic carbocycles. The lowest BCUT2D eigenvalue weighted by Crippen LogP contribution is -2.54.